The van der Waals surface area contributed by atoms with E-state index in [2.05, 4.69) is 12.2 Å². The summed E-state index contributed by atoms with van der Waals surface area (Å²) in [6.45, 7) is 6.94. The maximum absolute atomic E-state index is 13.8. The van der Waals surface area contributed by atoms with Crippen molar-refractivity contribution in [3.05, 3.63) is 46.3 Å². The van der Waals surface area contributed by atoms with Gasteiger partial charge in [0.15, 0.2) is 0 Å². The van der Waals surface area contributed by atoms with Crippen LogP contribution in [0.15, 0.2) is 29.8 Å². The van der Waals surface area contributed by atoms with Crippen molar-refractivity contribution in [1.82, 2.24) is 5.32 Å². The molecule has 1 aromatic carbocycles. The predicted octanol–water partition coefficient (Wildman–Crippen LogP) is 4.49. The topological polar surface area (TPSA) is 12.0 Å². The van der Waals surface area contributed by atoms with Crippen molar-refractivity contribution in [1.29, 1.82) is 0 Å². The first-order chi connectivity index (χ1) is 8.04. The Morgan fingerprint density at radius 3 is 2.76 bits per heavy atom. The molecule has 0 aliphatic heterocycles. The second-order valence-corrected chi connectivity index (χ2v) is 4.78. The van der Waals surface area contributed by atoms with Crippen molar-refractivity contribution in [2.24, 2.45) is 0 Å². The van der Waals surface area contributed by atoms with E-state index in [1.54, 1.807) is 12.1 Å². The largest absolute Gasteiger partial charge is 0.307 e. The van der Waals surface area contributed by atoms with E-state index in [-0.39, 0.29) is 11.9 Å². The molecule has 0 aliphatic carbocycles. The molecule has 1 rings (SSSR count). The van der Waals surface area contributed by atoms with Gasteiger partial charge in [0.25, 0.3) is 0 Å². The summed E-state index contributed by atoms with van der Waals surface area (Å²) in [5.74, 6) is -0.222. The van der Waals surface area contributed by atoms with Gasteiger partial charge in [-0.05, 0) is 45.0 Å². The molecule has 0 fully saturated rings. The summed E-state index contributed by atoms with van der Waals surface area (Å²) in [4.78, 5) is 0. The second kappa shape index (κ2) is 6.77. The first-order valence-electron chi connectivity index (χ1n) is 5.88. The van der Waals surface area contributed by atoms with Crippen LogP contribution < -0.4 is 5.32 Å². The zero-order valence-electron chi connectivity index (χ0n) is 10.6. The van der Waals surface area contributed by atoms with Crippen molar-refractivity contribution in [3.63, 3.8) is 0 Å². The standard InChI is InChI=1S/C14H19ClFN/c1-4-7-17-14(8-10(2)3)12-9-11(15)5-6-13(12)16/h5-6,8-9,14,17H,4,7H2,1-3H3. The highest BCUT2D eigenvalue weighted by molar-refractivity contribution is 6.30. The Bertz CT molecular complexity index is 397. The molecule has 0 radical (unpaired) electrons. The molecule has 1 N–H and O–H groups in total. The van der Waals surface area contributed by atoms with Crippen LogP contribution >= 0.6 is 11.6 Å². The lowest BCUT2D eigenvalue weighted by Gasteiger charge is -2.17. The van der Waals surface area contributed by atoms with Gasteiger partial charge in [0.2, 0.25) is 0 Å². The summed E-state index contributed by atoms with van der Waals surface area (Å²) in [7, 11) is 0. The van der Waals surface area contributed by atoms with Crippen molar-refractivity contribution in [3.8, 4) is 0 Å². The van der Waals surface area contributed by atoms with E-state index in [9.17, 15) is 4.39 Å². The first kappa shape index (κ1) is 14.2. The number of rotatable bonds is 5. The van der Waals surface area contributed by atoms with E-state index in [0.29, 0.717) is 10.6 Å². The fourth-order valence-electron chi connectivity index (χ4n) is 1.64. The van der Waals surface area contributed by atoms with Gasteiger partial charge in [-0.2, -0.15) is 0 Å². The molecule has 94 valence electrons. The second-order valence-electron chi connectivity index (χ2n) is 4.34. The SMILES string of the molecule is CCCNC(C=C(C)C)c1cc(Cl)ccc1F. The van der Waals surface area contributed by atoms with E-state index in [1.165, 1.54) is 6.07 Å². The number of nitrogens with one attached hydrogen (secondary N) is 1. The lowest BCUT2D eigenvalue weighted by Crippen LogP contribution is -2.21. The zero-order valence-corrected chi connectivity index (χ0v) is 11.3. The average Bonchev–Trinajstić information content (AvgIpc) is 2.27. The van der Waals surface area contributed by atoms with Crippen LogP contribution in [-0.4, -0.2) is 6.54 Å². The molecule has 0 heterocycles. The highest BCUT2D eigenvalue weighted by Gasteiger charge is 2.13. The van der Waals surface area contributed by atoms with Crippen LogP contribution in [-0.2, 0) is 0 Å². The zero-order chi connectivity index (χ0) is 12.8. The summed E-state index contributed by atoms with van der Waals surface area (Å²) in [5, 5.41) is 3.87. The summed E-state index contributed by atoms with van der Waals surface area (Å²) < 4.78 is 13.8. The van der Waals surface area contributed by atoms with E-state index in [4.69, 9.17) is 11.6 Å². The minimum Gasteiger partial charge on any atom is -0.307 e. The molecule has 17 heavy (non-hydrogen) atoms. The fraction of sp³-hybridized carbons (Fsp3) is 0.429. The van der Waals surface area contributed by atoms with Crippen LogP contribution in [0.5, 0.6) is 0 Å². The average molecular weight is 256 g/mol. The van der Waals surface area contributed by atoms with Crippen molar-refractivity contribution >= 4 is 11.6 Å². The monoisotopic (exact) mass is 255 g/mol. The third-order valence-electron chi connectivity index (χ3n) is 2.41. The Kier molecular flexibility index (Phi) is 5.66. The van der Waals surface area contributed by atoms with Crippen LogP contribution in [0, 0.1) is 5.82 Å². The summed E-state index contributed by atoms with van der Waals surface area (Å²) >= 11 is 5.92. The normalized spacial score (nSPS) is 12.3. The lowest BCUT2D eigenvalue weighted by molar-refractivity contribution is 0.554. The van der Waals surface area contributed by atoms with Gasteiger partial charge in [-0.15, -0.1) is 0 Å². The van der Waals surface area contributed by atoms with E-state index in [1.807, 2.05) is 19.9 Å². The number of halogens is 2. The molecule has 0 saturated carbocycles. The van der Waals surface area contributed by atoms with Crippen molar-refractivity contribution < 1.29 is 4.39 Å². The molecular formula is C14H19ClFN. The molecule has 0 aliphatic rings. The van der Waals surface area contributed by atoms with Crippen molar-refractivity contribution in [2.45, 2.75) is 33.2 Å². The van der Waals surface area contributed by atoms with Gasteiger partial charge in [0, 0.05) is 10.6 Å². The quantitative estimate of drug-likeness (QED) is 0.765. The molecule has 1 aromatic rings. The Hall–Kier alpha value is -0.860. The summed E-state index contributed by atoms with van der Waals surface area (Å²) in [6, 6.07) is 4.55. The molecule has 3 heteroatoms. The molecule has 0 saturated heterocycles. The predicted molar refractivity (Wildman–Crippen MR) is 71.9 cm³/mol. The number of hydrogen-bond acceptors (Lipinski definition) is 1. The number of benzene rings is 1. The minimum absolute atomic E-state index is 0.112. The van der Waals surface area contributed by atoms with Crippen molar-refractivity contribution in [2.75, 3.05) is 6.54 Å². The van der Waals surface area contributed by atoms with Gasteiger partial charge in [0.05, 0.1) is 6.04 Å². The smallest absolute Gasteiger partial charge is 0.128 e. The number of allylic oxidation sites excluding steroid dienone is 1. The first-order valence-corrected chi connectivity index (χ1v) is 6.25. The molecular weight excluding hydrogens is 237 g/mol. The molecule has 0 amide bonds. The van der Waals surface area contributed by atoms with E-state index in [0.717, 1.165) is 18.5 Å². The van der Waals surface area contributed by atoms with Gasteiger partial charge in [-0.1, -0.05) is 30.2 Å². The van der Waals surface area contributed by atoms with Gasteiger partial charge < -0.3 is 5.32 Å². The van der Waals surface area contributed by atoms with Gasteiger partial charge in [-0.25, -0.2) is 4.39 Å². The van der Waals surface area contributed by atoms with E-state index >= 15 is 0 Å². The highest BCUT2D eigenvalue weighted by atomic mass is 35.5. The maximum Gasteiger partial charge on any atom is 0.128 e. The Labute approximate surface area is 108 Å². The van der Waals surface area contributed by atoms with Gasteiger partial charge in [-0.3, -0.25) is 0 Å². The third-order valence-corrected chi connectivity index (χ3v) is 2.64. The fourth-order valence-corrected chi connectivity index (χ4v) is 1.83. The van der Waals surface area contributed by atoms with Crippen LogP contribution in [0.1, 0.15) is 38.8 Å². The molecule has 1 atom stereocenters. The Morgan fingerprint density at radius 2 is 2.18 bits per heavy atom. The van der Waals surface area contributed by atoms with Crippen LogP contribution in [0.4, 0.5) is 4.39 Å². The van der Waals surface area contributed by atoms with Crippen LogP contribution in [0.25, 0.3) is 0 Å². The van der Waals surface area contributed by atoms with E-state index < -0.39 is 0 Å². The summed E-state index contributed by atoms with van der Waals surface area (Å²) in [6.07, 6.45) is 3.03. The highest BCUT2D eigenvalue weighted by Crippen LogP contribution is 2.23. The summed E-state index contributed by atoms with van der Waals surface area (Å²) in [5.41, 5.74) is 1.75. The van der Waals surface area contributed by atoms with Gasteiger partial charge in [0.1, 0.15) is 5.82 Å². The van der Waals surface area contributed by atoms with Crippen LogP contribution in [0.2, 0.25) is 5.02 Å². The Balaban J connectivity index is 3.03. The van der Waals surface area contributed by atoms with Gasteiger partial charge >= 0.3 is 0 Å². The maximum atomic E-state index is 13.8. The third kappa shape index (κ3) is 4.49. The number of hydrogen-bond donors (Lipinski definition) is 1. The molecule has 1 unspecified atom stereocenters. The Morgan fingerprint density at radius 1 is 1.47 bits per heavy atom. The molecule has 0 bridgehead atoms. The minimum atomic E-state index is -0.222. The molecule has 1 nitrogen and oxygen atoms in total. The molecule has 0 spiro atoms. The molecule has 0 aromatic heterocycles. The van der Waals surface area contributed by atoms with Crippen LogP contribution in [0.3, 0.4) is 0 Å². The lowest BCUT2D eigenvalue weighted by atomic mass is 10.0.